The summed E-state index contributed by atoms with van der Waals surface area (Å²) < 4.78 is 7.61. The molecule has 0 fully saturated rings. The van der Waals surface area contributed by atoms with Crippen LogP contribution in [0.25, 0.3) is 75.4 Å². The number of aromatic nitrogens is 1. The first-order chi connectivity index (χ1) is 24.7. The molecule has 0 bridgehead atoms. The van der Waals surface area contributed by atoms with Crippen molar-refractivity contribution in [3.05, 3.63) is 169 Å². The molecule has 10 aromatic rings. The first-order valence-corrected chi connectivity index (χ1v) is 17.7. The number of aryl methyl sites for hydroxylation is 1. The SMILES string of the molecule is Cc1ccccc1N(c1ccc(-c2cccc3c2oc2ccccc23)cc1)c1ccc2ccc3ccc4nc(-c5ccccc5)sc4c3c2c1. The van der Waals surface area contributed by atoms with Crippen LogP contribution in [-0.4, -0.2) is 4.98 Å². The summed E-state index contributed by atoms with van der Waals surface area (Å²) in [6, 6.07) is 58.3. The number of anilines is 3. The summed E-state index contributed by atoms with van der Waals surface area (Å²) in [5, 5.41) is 8.22. The van der Waals surface area contributed by atoms with Gasteiger partial charge in [0.1, 0.15) is 16.2 Å². The highest BCUT2D eigenvalue weighted by molar-refractivity contribution is 7.22. The molecule has 0 saturated heterocycles. The van der Waals surface area contributed by atoms with E-state index in [0.717, 1.165) is 66.2 Å². The molecule has 0 spiro atoms. The Bertz CT molecular complexity index is 2880. The number of benzene rings is 8. The zero-order chi connectivity index (χ0) is 33.2. The predicted octanol–water partition coefficient (Wildman–Crippen LogP) is 13.6. The van der Waals surface area contributed by atoms with E-state index < -0.39 is 0 Å². The zero-order valence-electron chi connectivity index (χ0n) is 27.3. The quantitative estimate of drug-likeness (QED) is 0.172. The van der Waals surface area contributed by atoms with Crippen LogP contribution in [0.15, 0.2) is 168 Å². The molecule has 3 nitrogen and oxygen atoms in total. The van der Waals surface area contributed by atoms with Crippen LogP contribution in [0.5, 0.6) is 0 Å². The third kappa shape index (κ3) is 4.61. The molecule has 236 valence electrons. The van der Waals surface area contributed by atoms with Crippen LogP contribution in [0.4, 0.5) is 17.1 Å². The number of nitrogens with zero attached hydrogens (tertiary/aromatic N) is 2. The van der Waals surface area contributed by atoms with Gasteiger partial charge in [0.25, 0.3) is 0 Å². The number of thiazole rings is 1. The molecule has 0 radical (unpaired) electrons. The number of fused-ring (bicyclic) bond motifs is 8. The number of hydrogen-bond acceptors (Lipinski definition) is 4. The highest BCUT2D eigenvalue weighted by atomic mass is 32.1. The van der Waals surface area contributed by atoms with E-state index in [2.05, 4.69) is 163 Å². The average molecular weight is 659 g/mol. The van der Waals surface area contributed by atoms with E-state index in [0.29, 0.717) is 0 Å². The highest BCUT2D eigenvalue weighted by Gasteiger charge is 2.18. The Morgan fingerprint density at radius 1 is 0.560 bits per heavy atom. The summed E-state index contributed by atoms with van der Waals surface area (Å²) in [4.78, 5) is 7.45. The number of furan rings is 1. The van der Waals surface area contributed by atoms with Gasteiger partial charge in [-0.1, -0.05) is 121 Å². The van der Waals surface area contributed by atoms with Crippen molar-refractivity contribution in [1.82, 2.24) is 4.98 Å². The lowest BCUT2D eigenvalue weighted by Gasteiger charge is -2.27. The van der Waals surface area contributed by atoms with Gasteiger partial charge >= 0.3 is 0 Å². The maximum Gasteiger partial charge on any atom is 0.143 e. The van der Waals surface area contributed by atoms with Gasteiger partial charge in [0, 0.05) is 44.3 Å². The normalized spacial score (nSPS) is 11.7. The van der Waals surface area contributed by atoms with Crippen molar-refractivity contribution in [3.63, 3.8) is 0 Å². The summed E-state index contributed by atoms with van der Waals surface area (Å²) in [5.41, 5.74) is 10.8. The van der Waals surface area contributed by atoms with Crippen molar-refractivity contribution in [1.29, 1.82) is 0 Å². The van der Waals surface area contributed by atoms with E-state index in [1.165, 1.54) is 31.8 Å². The third-order valence-electron chi connectivity index (χ3n) is 9.81. The van der Waals surface area contributed by atoms with Gasteiger partial charge in [-0.3, -0.25) is 0 Å². The van der Waals surface area contributed by atoms with Crippen LogP contribution in [-0.2, 0) is 0 Å². The minimum absolute atomic E-state index is 0.910. The molecular weight excluding hydrogens is 629 g/mol. The summed E-state index contributed by atoms with van der Waals surface area (Å²) >= 11 is 1.77. The number of rotatable bonds is 5. The molecule has 2 heterocycles. The first kappa shape index (κ1) is 28.8. The summed E-state index contributed by atoms with van der Waals surface area (Å²) in [5.74, 6) is 0. The van der Waals surface area contributed by atoms with Crippen molar-refractivity contribution >= 4 is 82.1 Å². The fourth-order valence-corrected chi connectivity index (χ4v) is 8.50. The average Bonchev–Trinajstić information content (AvgIpc) is 3.78. The maximum atomic E-state index is 6.39. The van der Waals surface area contributed by atoms with Crippen molar-refractivity contribution in [2.75, 3.05) is 4.90 Å². The monoisotopic (exact) mass is 658 g/mol. The van der Waals surface area contributed by atoms with Gasteiger partial charge < -0.3 is 9.32 Å². The smallest absolute Gasteiger partial charge is 0.143 e. The summed E-state index contributed by atoms with van der Waals surface area (Å²) in [6.45, 7) is 2.18. The lowest BCUT2D eigenvalue weighted by Crippen LogP contribution is -2.11. The molecule has 0 aliphatic heterocycles. The zero-order valence-corrected chi connectivity index (χ0v) is 28.1. The standard InChI is InChI=1S/C46H30N2OS/c1-29-10-5-7-16-41(29)48(34-24-20-30(21-25-34)36-14-9-15-38-37-13-6-8-17-42(37)49-44(36)38)35-26-22-31-18-19-32-23-27-40-45(43(32)39(31)28-35)50-46(47-40)33-11-3-2-4-12-33/h2-28H,1H3. The van der Waals surface area contributed by atoms with Crippen LogP contribution < -0.4 is 4.90 Å². The van der Waals surface area contributed by atoms with Gasteiger partial charge in [-0.2, -0.15) is 0 Å². The Kier molecular flexibility index (Phi) is 6.58. The topological polar surface area (TPSA) is 29.3 Å². The molecule has 0 aliphatic rings. The maximum absolute atomic E-state index is 6.39. The van der Waals surface area contributed by atoms with Gasteiger partial charge in [0.15, 0.2) is 0 Å². The van der Waals surface area contributed by atoms with E-state index in [1.807, 2.05) is 12.1 Å². The van der Waals surface area contributed by atoms with Gasteiger partial charge in [-0.15, -0.1) is 11.3 Å². The van der Waals surface area contributed by atoms with E-state index in [9.17, 15) is 0 Å². The van der Waals surface area contributed by atoms with Crippen molar-refractivity contribution in [3.8, 4) is 21.7 Å². The second-order valence-electron chi connectivity index (χ2n) is 12.8. The highest BCUT2D eigenvalue weighted by Crippen LogP contribution is 2.43. The van der Waals surface area contributed by atoms with Crippen LogP contribution in [0.2, 0.25) is 0 Å². The second-order valence-corrected chi connectivity index (χ2v) is 13.8. The summed E-state index contributed by atoms with van der Waals surface area (Å²) in [7, 11) is 0. The van der Waals surface area contributed by atoms with Crippen LogP contribution in [0.1, 0.15) is 5.56 Å². The lowest BCUT2D eigenvalue weighted by atomic mass is 9.99. The Morgan fingerprint density at radius 2 is 1.28 bits per heavy atom. The summed E-state index contributed by atoms with van der Waals surface area (Å²) in [6.07, 6.45) is 0. The predicted molar refractivity (Wildman–Crippen MR) is 212 cm³/mol. The fourth-order valence-electron chi connectivity index (χ4n) is 7.36. The van der Waals surface area contributed by atoms with Gasteiger partial charge in [0.05, 0.1) is 10.2 Å². The molecule has 0 N–H and O–H groups in total. The Balaban J connectivity index is 1.14. The largest absolute Gasteiger partial charge is 0.455 e. The molecule has 0 unspecified atom stereocenters. The van der Waals surface area contributed by atoms with E-state index in [-0.39, 0.29) is 0 Å². The molecule has 0 aliphatic carbocycles. The Hall–Kier alpha value is -6.23. The molecule has 2 aromatic heterocycles. The molecule has 0 saturated carbocycles. The molecule has 0 amide bonds. The van der Waals surface area contributed by atoms with E-state index in [4.69, 9.17) is 9.40 Å². The van der Waals surface area contributed by atoms with Crippen molar-refractivity contribution < 1.29 is 4.42 Å². The molecule has 8 aromatic carbocycles. The van der Waals surface area contributed by atoms with Gasteiger partial charge in [0.2, 0.25) is 0 Å². The molecule has 50 heavy (non-hydrogen) atoms. The minimum atomic E-state index is 0.910. The number of para-hydroxylation sites is 3. The van der Waals surface area contributed by atoms with Crippen LogP contribution in [0, 0.1) is 6.92 Å². The molecule has 4 heteroatoms. The fraction of sp³-hybridized carbons (Fsp3) is 0.0217. The van der Waals surface area contributed by atoms with Crippen molar-refractivity contribution in [2.24, 2.45) is 0 Å². The van der Waals surface area contributed by atoms with Gasteiger partial charge in [-0.05, 0) is 76.7 Å². The second kappa shape index (κ2) is 11.4. The molecule has 10 rings (SSSR count). The minimum Gasteiger partial charge on any atom is -0.455 e. The van der Waals surface area contributed by atoms with Crippen LogP contribution in [0.3, 0.4) is 0 Å². The number of hydrogen-bond donors (Lipinski definition) is 0. The Morgan fingerprint density at radius 3 is 2.16 bits per heavy atom. The molecule has 0 atom stereocenters. The Labute approximate surface area is 293 Å². The van der Waals surface area contributed by atoms with Crippen molar-refractivity contribution in [2.45, 2.75) is 6.92 Å². The van der Waals surface area contributed by atoms with Gasteiger partial charge in [-0.25, -0.2) is 4.98 Å². The first-order valence-electron chi connectivity index (χ1n) is 16.9. The van der Waals surface area contributed by atoms with E-state index >= 15 is 0 Å². The molecular formula is C46H30N2OS. The lowest BCUT2D eigenvalue weighted by molar-refractivity contribution is 0.670. The third-order valence-corrected chi connectivity index (χ3v) is 11.0. The van der Waals surface area contributed by atoms with Crippen LogP contribution >= 0.6 is 11.3 Å². The van der Waals surface area contributed by atoms with E-state index in [1.54, 1.807) is 11.3 Å².